The lowest BCUT2D eigenvalue weighted by Gasteiger charge is -2.34. The number of carboxylic acids is 1. The highest BCUT2D eigenvalue weighted by atomic mass is 19.2. The van der Waals surface area contributed by atoms with E-state index >= 15 is 0 Å². The molecule has 1 aromatic heterocycles. The van der Waals surface area contributed by atoms with Gasteiger partial charge in [0, 0.05) is 12.7 Å². The van der Waals surface area contributed by atoms with Crippen LogP contribution in [0.1, 0.15) is 43.0 Å². The molecule has 114 valence electrons. The Morgan fingerprint density at radius 3 is 2.81 bits per heavy atom. The van der Waals surface area contributed by atoms with Crippen LogP contribution in [0.15, 0.2) is 12.3 Å². The molecule has 0 aromatic carbocycles. The summed E-state index contributed by atoms with van der Waals surface area (Å²) in [6.45, 7) is 2.03. The van der Waals surface area contributed by atoms with Crippen molar-refractivity contribution in [2.75, 3.05) is 6.54 Å². The summed E-state index contributed by atoms with van der Waals surface area (Å²) in [6, 6.07) is 1.07. The van der Waals surface area contributed by atoms with Gasteiger partial charge < -0.3 is 10.0 Å². The van der Waals surface area contributed by atoms with E-state index in [0.29, 0.717) is 19.3 Å². The quantitative estimate of drug-likeness (QED) is 0.865. The molecule has 1 N–H and O–H groups in total. The Morgan fingerprint density at radius 2 is 2.19 bits per heavy atom. The molecule has 0 aliphatic carbocycles. The highest BCUT2D eigenvalue weighted by Gasteiger charge is 2.49. The molecule has 0 saturated carbocycles. The number of hydrogen-bond donors (Lipinski definition) is 1. The van der Waals surface area contributed by atoms with Gasteiger partial charge in [0.05, 0.1) is 5.56 Å². The van der Waals surface area contributed by atoms with Crippen molar-refractivity contribution in [2.45, 2.75) is 38.1 Å². The molecule has 2 rings (SSSR count). The maximum atomic E-state index is 13.7. The van der Waals surface area contributed by atoms with Gasteiger partial charge in [0.15, 0.2) is 5.82 Å². The second-order valence-electron chi connectivity index (χ2n) is 5.11. The molecule has 1 aliphatic heterocycles. The van der Waals surface area contributed by atoms with E-state index in [9.17, 15) is 23.5 Å². The first-order valence-corrected chi connectivity index (χ1v) is 6.79. The van der Waals surface area contributed by atoms with Gasteiger partial charge in [0.1, 0.15) is 5.54 Å². The summed E-state index contributed by atoms with van der Waals surface area (Å²) in [6.07, 6.45) is 2.68. The van der Waals surface area contributed by atoms with Crippen molar-refractivity contribution in [2.24, 2.45) is 0 Å². The Hall–Kier alpha value is -2.05. The summed E-state index contributed by atoms with van der Waals surface area (Å²) in [4.78, 5) is 28.4. The fourth-order valence-corrected chi connectivity index (χ4v) is 2.91. The number of carbonyl (C=O) groups is 2. The van der Waals surface area contributed by atoms with E-state index in [2.05, 4.69) is 4.98 Å². The molecule has 0 spiro atoms. The maximum Gasteiger partial charge on any atom is 0.329 e. The smallest absolute Gasteiger partial charge is 0.329 e. The van der Waals surface area contributed by atoms with Gasteiger partial charge in [-0.3, -0.25) is 4.79 Å². The number of aromatic nitrogens is 1. The molecule has 1 amide bonds. The highest BCUT2D eigenvalue weighted by Crippen LogP contribution is 2.35. The van der Waals surface area contributed by atoms with Crippen LogP contribution in [-0.4, -0.2) is 39.0 Å². The summed E-state index contributed by atoms with van der Waals surface area (Å²) in [7, 11) is 0. The molecule has 1 aromatic rings. The fraction of sp³-hybridized carbons (Fsp3) is 0.500. The number of carboxylic acid groups (broad SMARTS) is 1. The topological polar surface area (TPSA) is 70.5 Å². The number of pyridine rings is 1. The number of halogens is 2. The van der Waals surface area contributed by atoms with Gasteiger partial charge >= 0.3 is 5.97 Å². The molecule has 7 heteroatoms. The summed E-state index contributed by atoms with van der Waals surface area (Å²) in [5.74, 6) is -4.62. The number of likely N-dealkylation sites (tertiary alicyclic amines) is 1. The Balaban J connectivity index is 2.41. The second-order valence-corrected chi connectivity index (χ2v) is 5.11. The third kappa shape index (κ3) is 2.48. The van der Waals surface area contributed by atoms with Crippen molar-refractivity contribution in [3.05, 3.63) is 29.6 Å². The lowest BCUT2D eigenvalue weighted by molar-refractivity contribution is -0.148. The third-order valence-corrected chi connectivity index (χ3v) is 3.87. The van der Waals surface area contributed by atoms with E-state index in [-0.39, 0.29) is 13.0 Å². The van der Waals surface area contributed by atoms with E-state index in [1.165, 1.54) is 0 Å². The van der Waals surface area contributed by atoms with Crippen LogP contribution in [0.5, 0.6) is 0 Å². The van der Waals surface area contributed by atoms with E-state index in [1.54, 1.807) is 0 Å². The molecule has 21 heavy (non-hydrogen) atoms. The lowest BCUT2D eigenvalue weighted by atomic mass is 9.90. The number of nitrogens with zero attached hydrogens (tertiary/aromatic N) is 2. The van der Waals surface area contributed by atoms with Crippen LogP contribution in [0, 0.1) is 11.8 Å². The predicted octanol–water partition coefficient (Wildman–Crippen LogP) is 2.22. The van der Waals surface area contributed by atoms with Crippen molar-refractivity contribution >= 4 is 11.9 Å². The van der Waals surface area contributed by atoms with Crippen molar-refractivity contribution < 1.29 is 23.5 Å². The molecule has 1 saturated heterocycles. The molecule has 2 heterocycles. The van der Waals surface area contributed by atoms with Gasteiger partial charge in [-0.25, -0.2) is 14.2 Å². The predicted molar refractivity (Wildman–Crippen MR) is 69.7 cm³/mol. The van der Waals surface area contributed by atoms with Crippen molar-refractivity contribution in [1.82, 2.24) is 9.88 Å². The molecule has 5 nitrogen and oxygen atoms in total. The number of hydrogen-bond acceptors (Lipinski definition) is 3. The van der Waals surface area contributed by atoms with Gasteiger partial charge in [0.25, 0.3) is 5.91 Å². The average molecular weight is 298 g/mol. The zero-order valence-electron chi connectivity index (χ0n) is 11.6. The molecular weight excluding hydrogens is 282 g/mol. The Bertz CT molecular complexity index is 579. The summed E-state index contributed by atoms with van der Waals surface area (Å²) >= 11 is 0. The normalized spacial score (nSPS) is 21.6. The van der Waals surface area contributed by atoms with Gasteiger partial charge in [-0.05, 0) is 25.3 Å². The van der Waals surface area contributed by atoms with E-state index in [1.807, 2.05) is 6.92 Å². The maximum absolute atomic E-state index is 13.7. The summed E-state index contributed by atoms with van der Waals surface area (Å²) in [5, 5.41) is 9.51. The van der Waals surface area contributed by atoms with Crippen LogP contribution in [0.25, 0.3) is 0 Å². The van der Waals surface area contributed by atoms with Crippen LogP contribution in [0.3, 0.4) is 0 Å². The minimum Gasteiger partial charge on any atom is -0.479 e. The summed E-state index contributed by atoms with van der Waals surface area (Å²) < 4.78 is 26.9. The van der Waals surface area contributed by atoms with Crippen LogP contribution >= 0.6 is 0 Å². The number of carbonyl (C=O) groups excluding carboxylic acids is 1. The monoisotopic (exact) mass is 298 g/mol. The van der Waals surface area contributed by atoms with Gasteiger partial charge in [-0.15, -0.1) is 0 Å². The molecule has 0 bridgehead atoms. The van der Waals surface area contributed by atoms with Crippen LogP contribution in [0.2, 0.25) is 0 Å². The first-order chi connectivity index (χ1) is 9.94. The van der Waals surface area contributed by atoms with Crippen molar-refractivity contribution in [3.8, 4) is 0 Å². The lowest BCUT2D eigenvalue weighted by Crippen LogP contribution is -2.53. The fourth-order valence-electron chi connectivity index (χ4n) is 2.91. The second kappa shape index (κ2) is 5.75. The first kappa shape index (κ1) is 15.3. The first-order valence-electron chi connectivity index (χ1n) is 6.79. The SMILES string of the molecule is CCCC1(C(=O)O)CCCN1C(=O)c1ccnc(F)c1F. The number of rotatable bonds is 4. The van der Waals surface area contributed by atoms with Gasteiger partial charge in [-0.1, -0.05) is 13.3 Å². The van der Waals surface area contributed by atoms with Crippen LogP contribution in [0.4, 0.5) is 8.78 Å². The van der Waals surface area contributed by atoms with Crippen LogP contribution in [-0.2, 0) is 4.79 Å². The van der Waals surface area contributed by atoms with Crippen molar-refractivity contribution in [3.63, 3.8) is 0 Å². The van der Waals surface area contributed by atoms with E-state index in [0.717, 1.165) is 17.2 Å². The minimum absolute atomic E-state index is 0.217. The molecule has 1 aliphatic rings. The molecule has 1 atom stereocenters. The number of aliphatic carboxylic acids is 1. The van der Waals surface area contributed by atoms with Crippen molar-refractivity contribution in [1.29, 1.82) is 0 Å². The van der Waals surface area contributed by atoms with E-state index in [4.69, 9.17) is 0 Å². The standard InChI is InChI=1S/C14H16F2N2O3/c1-2-5-14(13(20)21)6-3-8-18(14)12(19)9-4-7-17-11(16)10(9)15/h4,7H,2-3,5-6,8H2,1H3,(H,20,21). The Morgan fingerprint density at radius 1 is 1.48 bits per heavy atom. The third-order valence-electron chi connectivity index (χ3n) is 3.87. The van der Waals surface area contributed by atoms with E-state index < -0.39 is 34.7 Å². The average Bonchev–Trinajstić information content (AvgIpc) is 2.86. The molecular formula is C14H16F2N2O3. The van der Waals surface area contributed by atoms with Gasteiger partial charge in [-0.2, -0.15) is 4.39 Å². The number of amides is 1. The van der Waals surface area contributed by atoms with Gasteiger partial charge in [0.2, 0.25) is 5.95 Å². The largest absolute Gasteiger partial charge is 0.479 e. The Kier molecular flexibility index (Phi) is 4.20. The summed E-state index contributed by atoms with van der Waals surface area (Å²) in [5.41, 5.74) is -1.82. The Labute approximate surface area is 120 Å². The van der Waals surface area contributed by atoms with Crippen LogP contribution < -0.4 is 0 Å². The molecule has 1 fully saturated rings. The highest BCUT2D eigenvalue weighted by molar-refractivity contribution is 5.98. The zero-order chi connectivity index (χ0) is 15.6. The molecule has 0 radical (unpaired) electrons. The minimum atomic E-state index is -1.36. The molecule has 1 unspecified atom stereocenters. The zero-order valence-corrected chi connectivity index (χ0v) is 11.6.